The molecule has 0 N–H and O–H groups in total. The van der Waals surface area contributed by atoms with Crippen LogP contribution >= 0.6 is 0 Å². The number of nitrogens with zero attached hydrogens (tertiary/aromatic N) is 1. The first kappa shape index (κ1) is 14.4. The van der Waals surface area contributed by atoms with Crippen LogP contribution in [0.4, 0.5) is 0 Å². The highest BCUT2D eigenvalue weighted by molar-refractivity contribution is 5.72. The maximum Gasteiger partial charge on any atom is 0.308 e. The Morgan fingerprint density at radius 2 is 1.73 bits per heavy atom. The van der Waals surface area contributed by atoms with Gasteiger partial charge in [0, 0.05) is 0 Å². The number of rotatable bonds is 2. The number of carbonyl (C=O) groups excluding carboxylic acids is 1. The van der Waals surface area contributed by atoms with Gasteiger partial charge in [0.1, 0.15) is 0 Å². The number of likely N-dealkylation sites (tertiary alicyclic amines) is 1. The van der Waals surface area contributed by atoms with Crippen LogP contribution in [0.1, 0.15) is 40.0 Å². The maximum absolute atomic E-state index is 11.1. The Hall–Kier alpha value is -0.570. The van der Waals surface area contributed by atoms with Gasteiger partial charge >= 0.3 is 5.97 Å². The van der Waals surface area contributed by atoms with E-state index in [1.54, 1.807) is 0 Å². The molecular formula is C12H25NO2. The average molecular weight is 215 g/mol. The monoisotopic (exact) mass is 215 g/mol. The normalized spacial score (nSPS) is 17.9. The molecule has 0 spiro atoms. The topological polar surface area (TPSA) is 29.5 Å². The van der Waals surface area contributed by atoms with Crippen LogP contribution < -0.4 is 0 Å². The molecule has 0 amide bonds. The number of ether oxygens (including phenoxy) is 1. The van der Waals surface area contributed by atoms with Gasteiger partial charge in [0.2, 0.25) is 0 Å². The lowest BCUT2D eigenvalue weighted by Crippen LogP contribution is -2.36. The van der Waals surface area contributed by atoms with E-state index in [0.29, 0.717) is 0 Å². The van der Waals surface area contributed by atoms with Crippen molar-refractivity contribution in [1.82, 2.24) is 4.90 Å². The van der Waals surface area contributed by atoms with Gasteiger partial charge in [0.15, 0.2) is 0 Å². The smallest absolute Gasteiger partial charge is 0.308 e. The molecular weight excluding hydrogens is 190 g/mol. The molecule has 1 fully saturated rings. The van der Waals surface area contributed by atoms with E-state index >= 15 is 0 Å². The molecule has 0 aromatic carbocycles. The van der Waals surface area contributed by atoms with Crippen LogP contribution in [0.2, 0.25) is 0 Å². The standard InChI is InChI=1S/C9H17NO2.C3H8/c1-3-10-6-4-8(5-7-10)9(11)12-2;1-3-2/h8H,3-7H2,1-2H3;3H2,1-2H3. The molecule has 1 rings (SSSR count). The summed E-state index contributed by atoms with van der Waals surface area (Å²) >= 11 is 0. The van der Waals surface area contributed by atoms with Crippen molar-refractivity contribution in [2.45, 2.75) is 40.0 Å². The third kappa shape index (κ3) is 5.78. The van der Waals surface area contributed by atoms with Gasteiger partial charge in [-0.05, 0) is 32.5 Å². The third-order valence-electron chi connectivity index (χ3n) is 2.57. The van der Waals surface area contributed by atoms with Crippen LogP contribution in [0, 0.1) is 5.92 Å². The first-order valence-corrected chi connectivity index (χ1v) is 5.99. The first-order valence-electron chi connectivity index (χ1n) is 5.99. The second kappa shape index (κ2) is 8.72. The van der Waals surface area contributed by atoms with Crippen molar-refractivity contribution in [1.29, 1.82) is 0 Å². The summed E-state index contributed by atoms with van der Waals surface area (Å²) in [5.41, 5.74) is 0. The number of hydrogen-bond donors (Lipinski definition) is 0. The highest BCUT2D eigenvalue weighted by Gasteiger charge is 2.24. The summed E-state index contributed by atoms with van der Waals surface area (Å²) in [5.74, 6) is 0.114. The molecule has 1 heterocycles. The Balaban J connectivity index is 0.000000583. The van der Waals surface area contributed by atoms with Gasteiger partial charge in [0.05, 0.1) is 13.0 Å². The summed E-state index contributed by atoms with van der Waals surface area (Å²) in [4.78, 5) is 13.5. The van der Waals surface area contributed by atoms with Crippen molar-refractivity contribution < 1.29 is 9.53 Å². The minimum atomic E-state index is -0.0363. The van der Waals surface area contributed by atoms with Gasteiger partial charge < -0.3 is 9.64 Å². The van der Waals surface area contributed by atoms with Crippen LogP contribution in [0.25, 0.3) is 0 Å². The van der Waals surface area contributed by atoms with E-state index in [1.165, 1.54) is 13.5 Å². The molecule has 1 aliphatic rings. The lowest BCUT2D eigenvalue weighted by molar-refractivity contribution is -0.147. The fraction of sp³-hybridized carbons (Fsp3) is 0.917. The molecule has 0 atom stereocenters. The second-order valence-corrected chi connectivity index (χ2v) is 3.94. The fourth-order valence-corrected chi connectivity index (χ4v) is 1.65. The summed E-state index contributed by atoms with van der Waals surface area (Å²) in [7, 11) is 1.47. The van der Waals surface area contributed by atoms with Gasteiger partial charge in [-0.1, -0.05) is 27.2 Å². The highest BCUT2D eigenvalue weighted by atomic mass is 16.5. The minimum absolute atomic E-state index is 0.0363. The quantitative estimate of drug-likeness (QED) is 0.662. The molecule has 3 nitrogen and oxygen atoms in total. The summed E-state index contributed by atoms with van der Waals surface area (Å²) in [6, 6.07) is 0. The molecule has 0 aromatic heterocycles. The Labute approximate surface area is 93.8 Å². The van der Waals surface area contributed by atoms with Crippen LogP contribution in [-0.2, 0) is 9.53 Å². The van der Waals surface area contributed by atoms with E-state index in [0.717, 1.165) is 32.5 Å². The fourth-order valence-electron chi connectivity index (χ4n) is 1.65. The van der Waals surface area contributed by atoms with Gasteiger partial charge in [-0.2, -0.15) is 0 Å². The molecule has 0 unspecified atom stereocenters. The lowest BCUT2D eigenvalue weighted by atomic mass is 9.97. The molecule has 1 saturated heterocycles. The van der Waals surface area contributed by atoms with E-state index in [-0.39, 0.29) is 11.9 Å². The predicted molar refractivity (Wildman–Crippen MR) is 62.8 cm³/mol. The Bertz CT molecular complexity index is 163. The van der Waals surface area contributed by atoms with Crippen molar-refractivity contribution in [3.8, 4) is 0 Å². The van der Waals surface area contributed by atoms with E-state index in [4.69, 9.17) is 4.74 Å². The van der Waals surface area contributed by atoms with E-state index in [1.807, 2.05) is 0 Å². The average Bonchev–Trinajstić information content (AvgIpc) is 2.29. The zero-order chi connectivity index (χ0) is 11.7. The molecule has 15 heavy (non-hydrogen) atoms. The van der Waals surface area contributed by atoms with Crippen LogP contribution in [0.15, 0.2) is 0 Å². The molecule has 90 valence electrons. The second-order valence-electron chi connectivity index (χ2n) is 3.94. The van der Waals surface area contributed by atoms with Gasteiger partial charge in [0.25, 0.3) is 0 Å². The Morgan fingerprint density at radius 3 is 2.07 bits per heavy atom. The largest absolute Gasteiger partial charge is 0.469 e. The van der Waals surface area contributed by atoms with E-state index in [2.05, 4.69) is 25.7 Å². The van der Waals surface area contributed by atoms with Gasteiger partial charge in [-0.25, -0.2) is 0 Å². The van der Waals surface area contributed by atoms with Crippen LogP contribution in [0.5, 0.6) is 0 Å². The first-order chi connectivity index (χ1) is 7.19. The van der Waals surface area contributed by atoms with Crippen LogP contribution in [0.3, 0.4) is 0 Å². The van der Waals surface area contributed by atoms with Crippen molar-refractivity contribution in [2.75, 3.05) is 26.7 Å². The third-order valence-corrected chi connectivity index (χ3v) is 2.57. The number of esters is 1. The molecule has 0 radical (unpaired) electrons. The summed E-state index contributed by atoms with van der Waals surface area (Å²) in [5, 5.41) is 0. The van der Waals surface area contributed by atoms with E-state index in [9.17, 15) is 4.79 Å². The SMILES string of the molecule is CCC.CCN1CCC(C(=O)OC)CC1. The summed E-state index contributed by atoms with van der Waals surface area (Å²) in [6.07, 6.45) is 3.17. The lowest BCUT2D eigenvalue weighted by Gasteiger charge is -2.29. The zero-order valence-corrected chi connectivity index (χ0v) is 10.6. The number of hydrogen-bond acceptors (Lipinski definition) is 3. The molecule has 0 aromatic rings. The van der Waals surface area contributed by atoms with Crippen molar-refractivity contribution in [3.05, 3.63) is 0 Å². The maximum atomic E-state index is 11.1. The summed E-state index contributed by atoms with van der Waals surface area (Å²) < 4.78 is 4.70. The number of piperidine rings is 1. The predicted octanol–water partition coefficient (Wildman–Crippen LogP) is 2.31. The number of methoxy groups -OCH3 is 1. The number of carbonyl (C=O) groups is 1. The molecule has 3 heteroatoms. The molecule has 0 bridgehead atoms. The van der Waals surface area contributed by atoms with Gasteiger partial charge in [-0.3, -0.25) is 4.79 Å². The molecule has 0 aliphatic carbocycles. The Kier molecular flexibility index (Phi) is 8.38. The van der Waals surface area contributed by atoms with E-state index < -0.39 is 0 Å². The van der Waals surface area contributed by atoms with Crippen molar-refractivity contribution in [2.24, 2.45) is 5.92 Å². The highest BCUT2D eigenvalue weighted by Crippen LogP contribution is 2.17. The molecule has 0 saturated carbocycles. The van der Waals surface area contributed by atoms with Crippen molar-refractivity contribution >= 4 is 5.97 Å². The molecule has 1 aliphatic heterocycles. The Morgan fingerprint density at radius 1 is 1.27 bits per heavy atom. The zero-order valence-electron chi connectivity index (χ0n) is 10.6. The minimum Gasteiger partial charge on any atom is -0.469 e. The van der Waals surface area contributed by atoms with Crippen molar-refractivity contribution in [3.63, 3.8) is 0 Å². The van der Waals surface area contributed by atoms with Crippen LogP contribution in [-0.4, -0.2) is 37.6 Å². The van der Waals surface area contributed by atoms with Gasteiger partial charge in [-0.15, -0.1) is 0 Å². The summed E-state index contributed by atoms with van der Waals surface area (Å²) in [6.45, 7) is 9.57.